The number of hydrogen-bond donors (Lipinski definition) is 1. The molecule has 1 aromatic carbocycles. The first-order chi connectivity index (χ1) is 10.3. The van der Waals surface area contributed by atoms with Gasteiger partial charge in [-0.3, -0.25) is 0 Å². The molecule has 4 heteroatoms. The van der Waals surface area contributed by atoms with E-state index in [-0.39, 0.29) is 0 Å². The zero-order valence-electron chi connectivity index (χ0n) is 13.0. The Morgan fingerprint density at radius 3 is 2.62 bits per heavy atom. The van der Waals surface area contributed by atoms with Crippen LogP contribution in [0.2, 0.25) is 0 Å². The van der Waals surface area contributed by atoms with E-state index in [0.717, 1.165) is 16.1 Å². The van der Waals surface area contributed by atoms with Gasteiger partial charge >= 0.3 is 0 Å². The van der Waals surface area contributed by atoms with E-state index in [2.05, 4.69) is 46.5 Å². The predicted octanol–water partition coefficient (Wildman–Crippen LogP) is 4.32. The van der Waals surface area contributed by atoms with Gasteiger partial charge in [0.1, 0.15) is 12.4 Å². The van der Waals surface area contributed by atoms with Gasteiger partial charge in [0.2, 0.25) is 0 Å². The largest absolute Gasteiger partial charge is 0.490 e. The fraction of sp³-hybridized carbons (Fsp3) is 0.647. The number of methoxy groups -OCH3 is 1. The highest BCUT2D eigenvalue weighted by molar-refractivity contribution is 9.10. The summed E-state index contributed by atoms with van der Waals surface area (Å²) in [5.74, 6) is 1.63. The van der Waals surface area contributed by atoms with Crippen molar-refractivity contribution in [3.05, 3.63) is 28.2 Å². The third kappa shape index (κ3) is 4.70. The molecule has 1 atom stereocenters. The maximum absolute atomic E-state index is 5.70. The normalized spacial score (nSPS) is 17.7. The van der Waals surface area contributed by atoms with E-state index in [1.54, 1.807) is 7.11 Å². The van der Waals surface area contributed by atoms with Gasteiger partial charge in [0.05, 0.1) is 11.1 Å². The van der Waals surface area contributed by atoms with Gasteiger partial charge in [-0.05, 0) is 59.4 Å². The molecule has 0 amide bonds. The fourth-order valence-electron chi connectivity index (χ4n) is 3.20. The molecule has 0 spiro atoms. The van der Waals surface area contributed by atoms with Crippen LogP contribution in [0.4, 0.5) is 0 Å². The smallest absolute Gasteiger partial charge is 0.133 e. The number of hydrogen-bond acceptors (Lipinski definition) is 3. The second-order valence-electron chi connectivity index (χ2n) is 5.70. The van der Waals surface area contributed by atoms with Gasteiger partial charge in [-0.25, -0.2) is 0 Å². The summed E-state index contributed by atoms with van der Waals surface area (Å²) in [6.07, 6.45) is 6.78. The standard InChI is InChI=1S/C17H26BrNO2/c1-19-17(13-6-4-3-5-7-13)14-8-9-16(15(18)12-14)21-11-10-20-2/h8-9,12-13,17,19H,3-7,10-11H2,1-2H3. The molecule has 3 nitrogen and oxygen atoms in total. The van der Waals surface area contributed by atoms with Crippen molar-refractivity contribution in [2.24, 2.45) is 5.92 Å². The summed E-state index contributed by atoms with van der Waals surface area (Å²) in [6.45, 7) is 1.18. The Balaban J connectivity index is 2.05. The van der Waals surface area contributed by atoms with Crippen LogP contribution in [0.3, 0.4) is 0 Å². The monoisotopic (exact) mass is 355 g/mol. The minimum absolute atomic E-state index is 0.439. The highest BCUT2D eigenvalue weighted by Gasteiger charge is 2.24. The third-order valence-electron chi connectivity index (χ3n) is 4.29. The highest BCUT2D eigenvalue weighted by atomic mass is 79.9. The zero-order chi connectivity index (χ0) is 15.1. The summed E-state index contributed by atoms with van der Waals surface area (Å²) in [5, 5.41) is 3.51. The van der Waals surface area contributed by atoms with E-state index in [1.165, 1.54) is 37.7 Å². The molecule has 0 bridgehead atoms. The van der Waals surface area contributed by atoms with Crippen LogP contribution >= 0.6 is 15.9 Å². The van der Waals surface area contributed by atoms with Crippen molar-refractivity contribution in [1.82, 2.24) is 5.32 Å². The summed E-state index contributed by atoms with van der Waals surface area (Å²) >= 11 is 3.63. The Hall–Kier alpha value is -0.580. The van der Waals surface area contributed by atoms with Crippen molar-refractivity contribution in [2.75, 3.05) is 27.4 Å². The van der Waals surface area contributed by atoms with Crippen LogP contribution in [0, 0.1) is 5.92 Å². The van der Waals surface area contributed by atoms with E-state index >= 15 is 0 Å². The molecule has 0 aromatic heterocycles. The molecular formula is C17H26BrNO2. The Morgan fingerprint density at radius 2 is 2.00 bits per heavy atom. The van der Waals surface area contributed by atoms with E-state index < -0.39 is 0 Å². The molecule has 21 heavy (non-hydrogen) atoms. The van der Waals surface area contributed by atoms with Crippen LogP contribution in [-0.4, -0.2) is 27.4 Å². The van der Waals surface area contributed by atoms with Crippen LogP contribution in [0.15, 0.2) is 22.7 Å². The maximum Gasteiger partial charge on any atom is 0.133 e. The van der Waals surface area contributed by atoms with Gasteiger partial charge in [-0.1, -0.05) is 25.3 Å². The molecule has 1 saturated carbocycles. The van der Waals surface area contributed by atoms with Gasteiger partial charge < -0.3 is 14.8 Å². The first-order valence-corrected chi connectivity index (χ1v) is 8.64. The van der Waals surface area contributed by atoms with Crippen molar-refractivity contribution in [3.63, 3.8) is 0 Å². The molecule has 1 aliphatic carbocycles. The van der Waals surface area contributed by atoms with E-state index in [1.807, 2.05) is 0 Å². The maximum atomic E-state index is 5.70. The van der Waals surface area contributed by atoms with Crippen molar-refractivity contribution in [1.29, 1.82) is 0 Å². The van der Waals surface area contributed by atoms with Gasteiger partial charge in [0.15, 0.2) is 0 Å². The van der Waals surface area contributed by atoms with E-state index in [9.17, 15) is 0 Å². The first-order valence-electron chi connectivity index (χ1n) is 7.84. The Morgan fingerprint density at radius 1 is 1.24 bits per heavy atom. The second-order valence-corrected chi connectivity index (χ2v) is 6.55. The van der Waals surface area contributed by atoms with Crippen molar-refractivity contribution < 1.29 is 9.47 Å². The minimum Gasteiger partial charge on any atom is -0.490 e. The van der Waals surface area contributed by atoms with Gasteiger partial charge in [-0.2, -0.15) is 0 Å². The minimum atomic E-state index is 0.439. The van der Waals surface area contributed by atoms with E-state index in [0.29, 0.717) is 19.3 Å². The molecule has 1 aliphatic rings. The Kier molecular flexibility index (Phi) is 7.00. The topological polar surface area (TPSA) is 30.5 Å². The molecule has 0 aliphatic heterocycles. The lowest BCUT2D eigenvalue weighted by atomic mass is 9.81. The average molecular weight is 356 g/mol. The predicted molar refractivity (Wildman–Crippen MR) is 89.9 cm³/mol. The molecular weight excluding hydrogens is 330 g/mol. The Labute approximate surface area is 136 Å². The first kappa shape index (κ1) is 16.8. The van der Waals surface area contributed by atoms with Crippen LogP contribution in [-0.2, 0) is 4.74 Å². The van der Waals surface area contributed by atoms with E-state index in [4.69, 9.17) is 9.47 Å². The molecule has 2 rings (SSSR count). The summed E-state index contributed by atoms with van der Waals surface area (Å²) in [7, 11) is 3.75. The number of halogens is 1. The zero-order valence-corrected chi connectivity index (χ0v) is 14.6. The summed E-state index contributed by atoms with van der Waals surface area (Å²) in [5.41, 5.74) is 1.34. The lowest BCUT2D eigenvalue weighted by Gasteiger charge is -2.30. The summed E-state index contributed by atoms with van der Waals surface area (Å²) in [4.78, 5) is 0. The highest BCUT2D eigenvalue weighted by Crippen LogP contribution is 2.36. The number of rotatable bonds is 7. The van der Waals surface area contributed by atoms with Crippen LogP contribution in [0.5, 0.6) is 5.75 Å². The molecule has 0 heterocycles. The molecule has 118 valence electrons. The molecule has 1 unspecified atom stereocenters. The van der Waals surface area contributed by atoms with Gasteiger partial charge in [0.25, 0.3) is 0 Å². The fourth-order valence-corrected chi connectivity index (χ4v) is 3.72. The van der Waals surface area contributed by atoms with Gasteiger partial charge in [0, 0.05) is 13.2 Å². The van der Waals surface area contributed by atoms with Crippen molar-refractivity contribution in [2.45, 2.75) is 38.1 Å². The second kappa shape index (κ2) is 8.76. The number of nitrogens with one attached hydrogen (secondary N) is 1. The van der Waals surface area contributed by atoms with Crippen LogP contribution < -0.4 is 10.1 Å². The average Bonchev–Trinajstić information content (AvgIpc) is 2.51. The molecule has 1 fully saturated rings. The SMILES string of the molecule is CNC(c1ccc(OCCOC)c(Br)c1)C1CCCCC1. The van der Waals surface area contributed by atoms with Crippen LogP contribution in [0.25, 0.3) is 0 Å². The molecule has 1 N–H and O–H groups in total. The van der Waals surface area contributed by atoms with Gasteiger partial charge in [-0.15, -0.1) is 0 Å². The number of ether oxygens (including phenoxy) is 2. The third-order valence-corrected chi connectivity index (χ3v) is 4.91. The lowest BCUT2D eigenvalue weighted by molar-refractivity contribution is 0.146. The Bertz CT molecular complexity index is 433. The van der Waals surface area contributed by atoms with Crippen molar-refractivity contribution in [3.8, 4) is 5.75 Å². The summed E-state index contributed by atoms with van der Waals surface area (Å²) < 4.78 is 11.7. The molecule has 0 radical (unpaired) electrons. The molecule has 0 saturated heterocycles. The summed E-state index contributed by atoms with van der Waals surface area (Å²) in [6, 6.07) is 6.87. The lowest BCUT2D eigenvalue weighted by Crippen LogP contribution is -2.26. The van der Waals surface area contributed by atoms with Crippen LogP contribution in [0.1, 0.15) is 43.7 Å². The number of benzene rings is 1. The van der Waals surface area contributed by atoms with Crippen molar-refractivity contribution >= 4 is 15.9 Å². The molecule has 1 aromatic rings. The quantitative estimate of drug-likeness (QED) is 0.739.